The molecule has 1 heterocycles. The summed E-state index contributed by atoms with van der Waals surface area (Å²) >= 11 is 11.4. The predicted octanol–water partition coefficient (Wildman–Crippen LogP) is 5.04. The molecule has 38 heavy (non-hydrogen) atoms. The Labute approximate surface area is 224 Å². The number of carbonyl (C=O) groups is 2. The second-order valence-corrected chi connectivity index (χ2v) is 7.98. The number of aryl methyl sites for hydroxylation is 1. The Hall–Kier alpha value is -4.30. The van der Waals surface area contributed by atoms with Crippen molar-refractivity contribution in [2.75, 3.05) is 19.5 Å². The maximum Gasteiger partial charge on any atom is 0.338 e. The molecule has 0 aliphatic heterocycles. The lowest BCUT2D eigenvalue weighted by Gasteiger charge is -2.11. The van der Waals surface area contributed by atoms with E-state index in [1.807, 2.05) is 11.5 Å². The molecule has 0 atom stereocenters. The van der Waals surface area contributed by atoms with Gasteiger partial charge in [0.25, 0.3) is 0 Å². The first-order valence-corrected chi connectivity index (χ1v) is 11.2. The Morgan fingerprint density at radius 2 is 1.53 bits per heavy atom. The Kier molecular flexibility index (Phi) is 10.5. The van der Waals surface area contributed by atoms with Crippen LogP contribution in [0.3, 0.4) is 0 Å². The molecule has 13 nitrogen and oxygen atoms in total. The van der Waals surface area contributed by atoms with E-state index in [-0.39, 0.29) is 27.5 Å². The van der Waals surface area contributed by atoms with Crippen LogP contribution in [0.1, 0.15) is 33.3 Å². The number of nitro groups is 2. The van der Waals surface area contributed by atoms with Gasteiger partial charge in [-0.1, -0.05) is 23.2 Å². The van der Waals surface area contributed by atoms with E-state index in [0.29, 0.717) is 12.6 Å². The molecule has 0 fully saturated rings. The third-order valence-corrected chi connectivity index (χ3v) is 5.46. The zero-order valence-electron chi connectivity index (χ0n) is 20.1. The molecule has 1 aromatic heterocycles. The van der Waals surface area contributed by atoms with Gasteiger partial charge in [-0.3, -0.25) is 20.2 Å². The number of imidazole rings is 1. The predicted molar refractivity (Wildman–Crippen MR) is 134 cm³/mol. The molecule has 0 radical (unpaired) electrons. The molecule has 202 valence electrons. The van der Waals surface area contributed by atoms with Gasteiger partial charge in [-0.15, -0.1) is 0 Å². The third-order valence-electron chi connectivity index (χ3n) is 4.89. The van der Waals surface area contributed by atoms with Crippen molar-refractivity contribution in [1.29, 1.82) is 0 Å². The van der Waals surface area contributed by atoms with E-state index in [1.54, 1.807) is 12.5 Å². The van der Waals surface area contributed by atoms with Crippen LogP contribution < -0.4 is 5.32 Å². The number of methoxy groups -OCH3 is 2. The molecular weight excluding hydrogens is 552 g/mol. The molecule has 16 heteroatoms. The van der Waals surface area contributed by atoms with Crippen LogP contribution in [0, 0.1) is 26.0 Å². The molecule has 0 unspecified atom stereocenters. The number of nitro benzene ring substituents is 2. The van der Waals surface area contributed by atoms with Gasteiger partial charge in [-0.05, 0) is 31.2 Å². The summed E-state index contributed by atoms with van der Waals surface area (Å²) in [4.78, 5) is 46.7. The Balaban J connectivity index is 0.000000293. The molecule has 2 aromatic carbocycles. The van der Waals surface area contributed by atoms with Crippen LogP contribution in [0.4, 0.5) is 21.5 Å². The van der Waals surface area contributed by atoms with Crippen LogP contribution in [0.15, 0.2) is 36.8 Å². The molecule has 0 bridgehead atoms. The first-order chi connectivity index (χ1) is 17.9. The van der Waals surface area contributed by atoms with Crippen LogP contribution >= 0.6 is 23.2 Å². The van der Waals surface area contributed by atoms with Gasteiger partial charge in [-0.25, -0.2) is 14.6 Å². The van der Waals surface area contributed by atoms with Gasteiger partial charge >= 0.3 is 23.3 Å². The second-order valence-electron chi connectivity index (χ2n) is 7.16. The third kappa shape index (κ3) is 7.14. The number of anilines is 1. The molecular formula is C22H20Cl2FN5O8. The molecule has 1 N–H and O–H groups in total. The van der Waals surface area contributed by atoms with Crippen LogP contribution in [-0.2, 0) is 22.6 Å². The van der Waals surface area contributed by atoms with Crippen molar-refractivity contribution < 1.29 is 33.3 Å². The normalized spacial score (nSPS) is 10.2. The Morgan fingerprint density at radius 1 is 1.00 bits per heavy atom. The van der Waals surface area contributed by atoms with Crippen molar-refractivity contribution in [3.05, 3.63) is 89.7 Å². The largest absolute Gasteiger partial charge is 0.465 e. The highest BCUT2D eigenvalue weighted by molar-refractivity contribution is 6.33. The lowest BCUT2D eigenvalue weighted by Crippen LogP contribution is -2.09. The number of aromatic nitrogens is 2. The highest BCUT2D eigenvalue weighted by Crippen LogP contribution is 2.34. The number of hydrogen-bond acceptors (Lipinski definition) is 10. The molecule has 0 saturated carbocycles. The number of ether oxygens (including phenoxy) is 2. The highest BCUT2D eigenvalue weighted by Gasteiger charge is 2.24. The first kappa shape index (κ1) is 29.9. The molecule has 0 saturated heterocycles. The van der Waals surface area contributed by atoms with Crippen molar-refractivity contribution >= 4 is 52.2 Å². The fourth-order valence-electron chi connectivity index (χ4n) is 3.10. The quantitative estimate of drug-likeness (QED) is 0.219. The lowest BCUT2D eigenvalue weighted by atomic mass is 10.1. The van der Waals surface area contributed by atoms with E-state index in [9.17, 15) is 34.2 Å². The van der Waals surface area contributed by atoms with E-state index in [2.05, 4.69) is 19.8 Å². The van der Waals surface area contributed by atoms with Gasteiger partial charge in [0, 0.05) is 12.7 Å². The topological polar surface area (TPSA) is 169 Å². The van der Waals surface area contributed by atoms with E-state index in [4.69, 9.17) is 23.2 Å². The van der Waals surface area contributed by atoms with E-state index >= 15 is 0 Å². The second kappa shape index (κ2) is 13.3. The zero-order chi connectivity index (χ0) is 28.6. The number of benzene rings is 2. The number of nitrogens with one attached hydrogen (secondary N) is 1. The standard InChI is InChI=1S/C14H15ClN4O4.C8H5ClFNO4/c1-3-18-8-16-6-10(18)7-17-12-5-9(14(20)23-2)4-11(15)13(12)19(21)22;1-15-8(12)4-2-5(9)7(11(13)14)6(10)3-4/h4-6,8,17H,3,7H2,1-2H3;2-3H,1H3. The van der Waals surface area contributed by atoms with Gasteiger partial charge in [0.1, 0.15) is 15.7 Å². The minimum atomic E-state index is -1.17. The number of rotatable bonds is 8. The average molecular weight is 572 g/mol. The van der Waals surface area contributed by atoms with Crippen molar-refractivity contribution in [2.24, 2.45) is 0 Å². The van der Waals surface area contributed by atoms with Crippen LogP contribution in [0.25, 0.3) is 0 Å². The average Bonchev–Trinajstić information content (AvgIpc) is 3.33. The molecule has 0 spiro atoms. The SMILES string of the molecule is CCn1cncc1CNc1cc(C(=O)OC)cc(Cl)c1[N+](=O)[O-].COC(=O)c1cc(F)c([N+](=O)[O-])c(Cl)c1. The number of nitrogens with zero attached hydrogens (tertiary/aromatic N) is 4. The summed E-state index contributed by atoms with van der Waals surface area (Å²) < 4.78 is 24.0. The fourth-order valence-corrected chi connectivity index (χ4v) is 3.66. The summed E-state index contributed by atoms with van der Waals surface area (Å²) in [5.74, 6) is -2.61. The van der Waals surface area contributed by atoms with Gasteiger partial charge in [0.05, 0.1) is 53.8 Å². The van der Waals surface area contributed by atoms with E-state index in [0.717, 1.165) is 25.4 Å². The minimum Gasteiger partial charge on any atom is -0.465 e. The van der Waals surface area contributed by atoms with Crippen molar-refractivity contribution in [3.8, 4) is 0 Å². The summed E-state index contributed by atoms with van der Waals surface area (Å²) in [6.07, 6.45) is 3.33. The lowest BCUT2D eigenvalue weighted by molar-refractivity contribution is -0.387. The van der Waals surface area contributed by atoms with E-state index in [1.165, 1.54) is 19.2 Å². The van der Waals surface area contributed by atoms with Crippen molar-refractivity contribution in [2.45, 2.75) is 20.0 Å². The van der Waals surface area contributed by atoms with Gasteiger partial charge in [0.2, 0.25) is 5.82 Å². The summed E-state index contributed by atoms with van der Waals surface area (Å²) in [6, 6.07) is 4.25. The maximum atomic E-state index is 13.1. The number of halogens is 3. The van der Waals surface area contributed by atoms with Gasteiger partial charge in [-0.2, -0.15) is 4.39 Å². The summed E-state index contributed by atoms with van der Waals surface area (Å²) in [5, 5.41) is 23.9. The van der Waals surface area contributed by atoms with Gasteiger partial charge in [0.15, 0.2) is 0 Å². The van der Waals surface area contributed by atoms with E-state index < -0.39 is 38.3 Å². The Morgan fingerprint density at radius 3 is 2.00 bits per heavy atom. The number of esters is 2. The number of hydrogen-bond donors (Lipinski definition) is 1. The summed E-state index contributed by atoms with van der Waals surface area (Å²) in [7, 11) is 2.33. The van der Waals surface area contributed by atoms with Crippen LogP contribution in [0.2, 0.25) is 10.0 Å². The molecule has 3 aromatic rings. The molecule has 0 aliphatic carbocycles. The maximum absolute atomic E-state index is 13.1. The number of carbonyl (C=O) groups excluding carboxylic acids is 2. The fraction of sp³-hybridized carbons (Fsp3) is 0.227. The molecule has 3 rings (SSSR count). The summed E-state index contributed by atoms with van der Waals surface area (Å²) in [6.45, 7) is 2.99. The smallest absolute Gasteiger partial charge is 0.338 e. The first-order valence-electron chi connectivity index (χ1n) is 10.5. The van der Waals surface area contributed by atoms with Crippen LogP contribution in [-0.4, -0.2) is 45.6 Å². The van der Waals surface area contributed by atoms with Crippen molar-refractivity contribution in [3.63, 3.8) is 0 Å². The van der Waals surface area contributed by atoms with Crippen molar-refractivity contribution in [1.82, 2.24) is 9.55 Å². The highest BCUT2D eigenvalue weighted by atomic mass is 35.5. The molecule has 0 amide bonds. The Bertz CT molecular complexity index is 1360. The van der Waals surface area contributed by atoms with Crippen LogP contribution in [0.5, 0.6) is 0 Å². The van der Waals surface area contributed by atoms with Gasteiger partial charge < -0.3 is 19.4 Å². The minimum absolute atomic E-state index is 0.134. The molecule has 0 aliphatic rings. The zero-order valence-corrected chi connectivity index (χ0v) is 21.6. The monoisotopic (exact) mass is 571 g/mol. The summed E-state index contributed by atoms with van der Waals surface area (Å²) in [5.41, 5.74) is -0.195.